The van der Waals surface area contributed by atoms with Crippen LogP contribution in [-0.2, 0) is 4.84 Å². The summed E-state index contributed by atoms with van der Waals surface area (Å²) in [6.45, 7) is 1.94. The zero-order valence-electron chi connectivity index (χ0n) is 14.9. The maximum absolute atomic E-state index is 12.0. The number of anilines is 1. The quantitative estimate of drug-likeness (QED) is 0.441. The Morgan fingerprint density at radius 1 is 0.857 bits per heavy atom. The van der Waals surface area contributed by atoms with Crippen molar-refractivity contribution in [1.82, 2.24) is 0 Å². The summed E-state index contributed by atoms with van der Waals surface area (Å²) >= 11 is 5.79. The van der Waals surface area contributed by atoms with Crippen molar-refractivity contribution in [3.05, 3.63) is 94.5 Å². The number of benzene rings is 3. The van der Waals surface area contributed by atoms with Gasteiger partial charge in [-0.15, -0.1) is 10.2 Å². The van der Waals surface area contributed by atoms with Crippen molar-refractivity contribution in [1.29, 1.82) is 0 Å². The van der Waals surface area contributed by atoms with Crippen LogP contribution in [0.2, 0.25) is 5.02 Å². The minimum absolute atomic E-state index is 0.398. The summed E-state index contributed by atoms with van der Waals surface area (Å²) in [4.78, 5) is 29.0. The summed E-state index contributed by atoms with van der Waals surface area (Å²) in [7, 11) is 0. The Hall–Kier alpha value is -3.51. The van der Waals surface area contributed by atoms with Gasteiger partial charge in [0.1, 0.15) is 0 Å². The Bertz CT molecular complexity index is 999. The molecule has 0 aliphatic rings. The maximum Gasteiger partial charge on any atom is 0.362 e. The highest BCUT2D eigenvalue weighted by Crippen LogP contribution is 2.18. The zero-order valence-corrected chi connectivity index (χ0v) is 15.7. The van der Waals surface area contributed by atoms with Gasteiger partial charge in [-0.1, -0.05) is 29.3 Å². The first kappa shape index (κ1) is 19.3. The molecule has 0 saturated heterocycles. The number of aryl methyl sites for hydroxylation is 1. The van der Waals surface area contributed by atoms with Crippen LogP contribution in [0.5, 0.6) is 0 Å². The highest BCUT2D eigenvalue weighted by molar-refractivity contribution is 6.30. The molecular weight excluding hydrogens is 378 g/mol. The van der Waals surface area contributed by atoms with Crippen molar-refractivity contribution in [2.75, 3.05) is 5.48 Å². The molecule has 0 atom stereocenters. The fourth-order valence-electron chi connectivity index (χ4n) is 2.20. The van der Waals surface area contributed by atoms with Gasteiger partial charge in [-0.2, -0.15) is 0 Å². The molecule has 0 aromatic heterocycles. The first-order chi connectivity index (χ1) is 13.5. The molecule has 0 bridgehead atoms. The van der Waals surface area contributed by atoms with Gasteiger partial charge in [0.15, 0.2) is 0 Å². The highest BCUT2D eigenvalue weighted by Gasteiger charge is 2.07. The average Bonchev–Trinajstić information content (AvgIpc) is 2.72. The van der Waals surface area contributed by atoms with E-state index in [0.717, 1.165) is 5.56 Å². The van der Waals surface area contributed by atoms with Crippen molar-refractivity contribution < 1.29 is 14.4 Å². The fraction of sp³-hybridized carbons (Fsp3) is 0.0476. The molecular formula is C21H16ClN3O3. The lowest BCUT2D eigenvalue weighted by Gasteiger charge is -2.07. The standard InChI is InChI=1S/C21H16ClN3O3/c1-14-2-4-16(5-3-14)21(27)28-25-19-12-10-18(11-13-19)23-24-20(26)15-6-8-17(22)9-7-15/h2-13,25H,1H3. The van der Waals surface area contributed by atoms with Gasteiger partial charge in [-0.3, -0.25) is 4.79 Å². The molecule has 1 amide bonds. The minimum Gasteiger partial charge on any atom is -0.338 e. The normalized spacial score (nSPS) is 10.6. The summed E-state index contributed by atoms with van der Waals surface area (Å²) in [5.41, 5.74) is 5.53. The number of nitrogens with one attached hydrogen (secondary N) is 1. The molecule has 0 saturated carbocycles. The van der Waals surface area contributed by atoms with Crippen LogP contribution in [0.4, 0.5) is 11.4 Å². The third-order valence-corrected chi connectivity index (χ3v) is 4.02. The zero-order chi connectivity index (χ0) is 19.9. The molecule has 0 aliphatic carbocycles. The molecule has 1 N–H and O–H groups in total. The first-order valence-corrected chi connectivity index (χ1v) is 8.74. The molecule has 140 valence electrons. The van der Waals surface area contributed by atoms with Gasteiger partial charge in [0.2, 0.25) is 0 Å². The lowest BCUT2D eigenvalue weighted by molar-refractivity contribution is 0.0596. The summed E-state index contributed by atoms with van der Waals surface area (Å²) in [6, 6.07) is 20.0. The lowest BCUT2D eigenvalue weighted by atomic mass is 10.2. The third kappa shape index (κ3) is 5.25. The van der Waals surface area contributed by atoms with E-state index in [0.29, 0.717) is 27.5 Å². The smallest absolute Gasteiger partial charge is 0.338 e. The number of halogens is 1. The second kappa shape index (κ2) is 8.92. The Morgan fingerprint density at radius 2 is 1.46 bits per heavy atom. The topological polar surface area (TPSA) is 80.1 Å². The van der Waals surface area contributed by atoms with Gasteiger partial charge in [-0.05, 0) is 67.6 Å². The Morgan fingerprint density at radius 3 is 2.11 bits per heavy atom. The van der Waals surface area contributed by atoms with E-state index in [4.69, 9.17) is 16.4 Å². The fourth-order valence-corrected chi connectivity index (χ4v) is 2.33. The van der Waals surface area contributed by atoms with Gasteiger partial charge in [-0.25, -0.2) is 10.3 Å². The molecule has 0 radical (unpaired) electrons. The van der Waals surface area contributed by atoms with Crippen LogP contribution in [0.15, 0.2) is 83.0 Å². The number of rotatable bonds is 5. The van der Waals surface area contributed by atoms with E-state index in [9.17, 15) is 9.59 Å². The van der Waals surface area contributed by atoms with E-state index in [-0.39, 0.29) is 0 Å². The van der Waals surface area contributed by atoms with Crippen LogP contribution in [-0.4, -0.2) is 11.9 Å². The number of nitrogens with zero attached hydrogens (tertiary/aromatic N) is 2. The summed E-state index contributed by atoms with van der Waals surface area (Å²) in [6.07, 6.45) is 0. The van der Waals surface area contributed by atoms with E-state index in [1.165, 1.54) is 0 Å². The lowest BCUT2D eigenvalue weighted by Crippen LogP contribution is -2.10. The number of carbonyl (C=O) groups excluding carboxylic acids is 2. The summed E-state index contributed by atoms with van der Waals surface area (Å²) in [5, 5.41) is 8.13. The molecule has 0 heterocycles. The molecule has 7 heteroatoms. The van der Waals surface area contributed by atoms with E-state index < -0.39 is 11.9 Å². The molecule has 3 aromatic rings. The van der Waals surface area contributed by atoms with Crippen LogP contribution >= 0.6 is 11.6 Å². The van der Waals surface area contributed by atoms with Crippen LogP contribution < -0.4 is 5.48 Å². The molecule has 0 fully saturated rings. The molecule has 0 unspecified atom stereocenters. The minimum atomic E-state index is -0.489. The summed E-state index contributed by atoms with van der Waals surface area (Å²) < 4.78 is 0. The highest BCUT2D eigenvalue weighted by atomic mass is 35.5. The largest absolute Gasteiger partial charge is 0.362 e. The Labute approximate surface area is 166 Å². The molecule has 3 aromatic carbocycles. The van der Waals surface area contributed by atoms with Gasteiger partial charge in [0, 0.05) is 10.6 Å². The number of hydrogen-bond donors (Lipinski definition) is 1. The van der Waals surface area contributed by atoms with E-state index in [1.807, 2.05) is 19.1 Å². The molecule has 3 rings (SSSR count). The van der Waals surface area contributed by atoms with Gasteiger partial charge in [0.05, 0.1) is 16.9 Å². The van der Waals surface area contributed by atoms with Crippen molar-refractivity contribution in [2.45, 2.75) is 6.92 Å². The average molecular weight is 394 g/mol. The van der Waals surface area contributed by atoms with Gasteiger partial charge in [0.25, 0.3) is 5.91 Å². The third-order valence-electron chi connectivity index (χ3n) is 3.76. The SMILES string of the molecule is Cc1ccc(C(=O)ONc2ccc(N=NC(=O)c3ccc(Cl)cc3)cc2)cc1. The molecule has 28 heavy (non-hydrogen) atoms. The monoisotopic (exact) mass is 393 g/mol. The molecule has 0 aliphatic heterocycles. The molecule has 0 spiro atoms. The van der Waals surface area contributed by atoms with Crippen LogP contribution in [0.25, 0.3) is 0 Å². The molecule has 6 nitrogen and oxygen atoms in total. The van der Waals surface area contributed by atoms with Crippen molar-refractivity contribution in [3.8, 4) is 0 Å². The van der Waals surface area contributed by atoms with E-state index in [2.05, 4.69) is 15.7 Å². The Kier molecular flexibility index (Phi) is 6.14. The predicted molar refractivity (Wildman–Crippen MR) is 107 cm³/mol. The number of azo groups is 1. The van der Waals surface area contributed by atoms with Gasteiger partial charge >= 0.3 is 5.97 Å². The van der Waals surface area contributed by atoms with Gasteiger partial charge < -0.3 is 4.84 Å². The van der Waals surface area contributed by atoms with E-state index >= 15 is 0 Å². The van der Waals surface area contributed by atoms with Crippen molar-refractivity contribution in [2.24, 2.45) is 10.2 Å². The summed E-state index contributed by atoms with van der Waals surface area (Å²) in [5.74, 6) is -0.955. The predicted octanol–water partition coefficient (Wildman–Crippen LogP) is 5.76. The second-order valence-electron chi connectivity index (χ2n) is 5.92. The first-order valence-electron chi connectivity index (χ1n) is 8.37. The van der Waals surface area contributed by atoms with E-state index in [1.54, 1.807) is 60.7 Å². The second-order valence-corrected chi connectivity index (χ2v) is 6.35. The van der Waals surface area contributed by atoms with Crippen LogP contribution in [0.1, 0.15) is 26.3 Å². The van der Waals surface area contributed by atoms with Crippen LogP contribution in [0.3, 0.4) is 0 Å². The number of carbonyl (C=O) groups is 2. The maximum atomic E-state index is 12.0. The number of hydrogen-bond acceptors (Lipinski definition) is 5. The van der Waals surface area contributed by atoms with Crippen molar-refractivity contribution >= 4 is 34.9 Å². The number of amides is 1. The Balaban J connectivity index is 1.55. The van der Waals surface area contributed by atoms with Crippen molar-refractivity contribution in [3.63, 3.8) is 0 Å². The van der Waals surface area contributed by atoms with Crippen LogP contribution in [0, 0.1) is 6.92 Å².